The number of carbonyl (C=O) groups is 3. The highest BCUT2D eigenvalue weighted by atomic mass is 16.6. The zero-order valence-electron chi connectivity index (χ0n) is 24.1. The van der Waals surface area contributed by atoms with Gasteiger partial charge in [0.2, 0.25) is 0 Å². The summed E-state index contributed by atoms with van der Waals surface area (Å²) in [6.45, 7) is -12.7. The number of ether oxygens (including phenoxy) is 4. The molecule has 150 valence electrons. The smallest absolute Gasteiger partial charge is 0.343 e. The average Bonchev–Trinajstić information content (AvgIpc) is 2.74. The standard InChI is InChI=1S/C18H27N2O7/c1-20(2,3)13-7-8-14(15(9-13)27-12-18(23)26-6)19(10-16(21)24-4)11-17(22)25-5/h7-9H,10-12H2,1-6H3/q+1/i1D3,2D3,3D3,20+1. The molecule has 0 aromatic heterocycles. The van der Waals surface area contributed by atoms with Gasteiger partial charge in [-0.3, -0.25) is 14.1 Å². The predicted molar refractivity (Wildman–Crippen MR) is 99.8 cm³/mol. The third-order valence-corrected chi connectivity index (χ3v) is 3.34. The van der Waals surface area contributed by atoms with Gasteiger partial charge in [-0.1, -0.05) is 0 Å². The van der Waals surface area contributed by atoms with Crippen LogP contribution < -0.4 is 14.1 Å². The quantitative estimate of drug-likeness (QED) is 0.261. The zero-order valence-corrected chi connectivity index (χ0v) is 15.1. The third-order valence-electron chi connectivity index (χ3n) is 3.34. The Bertz CT molecular complexity index is 908. The minimum atomic E-state index is -3.62. The Morgan fingerprint density at radius 3 is 2.00 bits per heavy atom. The molecule has 0 bridgehead atoms. The van der Waals surface area contributed by atoms with Crippen LogP contribution in [0.4, 0.5) is 11.4 Å². The molecule has 0 saturated carbocycles. The summed E-state index contributed by atoms with van der Waals surface area (Å²) in [5, 5.41) is 0. The fourth-order valence-corrected chi connectivity index (χ4v) is 1.95. The summed E-state index contributed by atoms with van der Waals surface area (Å²) in [6.07, 6.45) is 0. The molecule has 1 aromatic carbocycles. The first-order valence-corrected chi connectivity index (χ1v) is 7.49. The van der Waals surface area contributed by atoms with Crippen LogP contribution in [-0.4, -0.2) is 79.9 Å². The normalized spacial score (nSPS) is 17.1. The van der Waals surface area contributed by atoms with Gasteiger partial charge in [-0.25, -0.2) is 4.79 Å². The number of esters is 3. The van der Waals surface area contributed by atoms with Gasteiger partial charge in [-0.2, -0.15) is 0 Å². The summed E-state index contributed by atoms with van der Waals surface area (Å²) >= 11 is 0. The van der Waals surface area contributed by atoms with Crippen molar-refractivity contribution in [1.29, 1.82) is 0 Å². The highest BCUT2D eigenvalue weighted by Crippen LogP contribution is 2.34. The first-order chi connectivity index (χ1) is 16.4. The van der Waals surface area contributed by atoms with Gasteiger partial charge in [0.25, 0.3) is 0 Å². The van der Waals surface area contributed by atoms with Crippen LogP contribution >= 0.6 is 0 Å². The van der Waals surface area contributed by atoms with Gasteiger partial charge < -0.3 is 23.8 Å². The topological polar surface area (TPSA) is 91.4 Å². The predicted octanol–water partition coefficient (Wildman–Crippen LogP) is 0.587. The van der Waals surface area contributed by atoms with Gasteiger partial charge >= 0.3 is 17.9 Å². The summed E-state index contributed by atoms with van der Waals surface area (Å²) in [5.74, 6) is -2.91. The van der Waals surface area contributed by atoms with E-state index < -0.39 is 74.5 Å². The molecule has 1 aromatic rings. The third kappa shape index (κ3) is 6.78. The average molecular weight is 393 g/mol. The number of anilines is 1. The minimum Gasteiger partial charge on any atom is -0.479 e. The van der Waals surface area contributed by atoms with Crippen LogP contribution in [0.2, 0.25) is 0 Å². The molecule has 0 aliphatic rings. The van der Waals surface area contributed by atoms with E-state index in [2.05, 4.69) is 14.2 Å². The van der Waals surface area contributed by atoms with Crippen LogP contribution in [0.15, 0.2) is 18.2 Å². The van der Waals surface area contributed by atoms with E-state index in [0.29, 0.717) is 0 Å². The van der Waals surface area contributed by atoms with Gasteiger partial charge in [0.15, 0.2) is 6.61 Å². The largest absolute Gasteiger partial charge is 0.479 e. The lowest BCUT2D eigenvalue weighted by molar-refractivity contribution is -0.143. The van der Waals surface area contributed by atoms with Crippen molar-refractivity contribution in [3.63, 3.8) is 0 Å². The Balaban J connectivity index is 3.96. The molecule has 9 heteroatoms. The van der Waals surface area contributed by atoms with Crippen LogP contribution in [0.3, 0.4) is 0 Å². The van der Waals surface area contributed by atoms with Gasteiger partial charge in [0.1, 0.15) is 24.5 Å². The second-order valence-corrected chi connectivity index (χ2v) is 5.20. The molecule has 0 radical (unpaired) electrons. The fourth-order valence-electron chi connectivity index (χ4n) is 1.95. The van der Waals surface area contributed by atoms with Gasteiger partial charge in [-0.05, 0) is 6.07 Å². The van der Waals surface area contributed by atoms with Crippen LogP contribution in [0.25, 0.3) is 0 Å². The van der Waals surface area contributed by atoms with E-state index in [0.717, 1.165) is 44.4 Å². The monoisotopic (exact) mass is 393 g/mol. The fraction of sp³-hybridized carbons (Fsp3) is 0.500. The summed E-state index contributed by atoms with van der Waals surface area (Å²) in [7, 11) is 3.24. The molecule has 0 fully saturated rings. The Kier molecular flexibility index (Phi) is 4.27. The van der Waals surface area contributed by atoms with Crippen molar-refractivity contribution in [2.24, 2.45) is 0 Å². The summed E-state index contributed by atoms with van der Waals surface area (Å²) in [6, 6.07) is 2.78. The molecule has 0 aliphatic carbocycles. The Morgan fingerprint density at radius 2 is 1.52 bits per heavy atom. The van der Waals surface area contributed by atoms with Crippen LogP contribution in [-0.2, 0) is 28.6 Å². The van der Waals surface area contributed by atoms with Crippen molar-refractivity contribution in [1.82, 2.24) is 4.48 Å². The van der Waals surface area contributed by atoms with E-state index in [1.54, 1.807) is 0 Å². The first-order valence-electron chi connectivity index (χ1n) is 12.0. The number of benzene rings is 1. The Morgan fingerprint density at radius 1 is 0.963 bits per heavy atom. The highest BCUT2D eigenvalue weighted by molar-refractivity contribution is 5.83. The minimum absolute atomic E-state index is 0.0989. The summed E-state index contributed by atoms with van der Waals surface area (Å²) in [4.78, 5) is 36.7. The van der Waals surface area contributed by atoms with Crippen molar-refractivity contribution >= 4 is 29.3 Å². The van der Waals surface area contributed by atoms with Crippen molar-refractivity contribution in [2.45, 2.75) is 0 Å². The molecule has 0 amide bonds. The van der Waals surface area contributed by atoms with Crippen LogP contribution in [0.1, 0.15) is 12.3 Å². The molecular formula is C18H27N2O7+. The molecule has 0 saturated heterocycles. The van der Waals surface area contributed by atoms with Gasteiger partial charge in [-0.15, -0.1) is 0 Å². The van der Waals surface area contributed by atoms with E-state index in [1.165, 1.54) is 0 Å². The van der Waals surface area contributed by atoms with E-state index >= 15 is 0 Å². The number of quaternary nitrogens is 1. The highest BCUT2D eigenvalue weighted by Gasteiger charge is 2.23. The van der Waals surface area contributed by atoms with E-state index in [-0.39, 0.29) is 5.69 Å². The van der Waals surface area contributed by atoms with Crippen molar-refractivity contribution in [3.8, 4) is 5.75 Å². The first kappa shape index (κ1) is 11.8. The maximum Gasteiger partial charge on any atom is 0.343 e. The molecule has 0 atom stereocenters. The molecule has 1 rings (SSSR count). The second kappa shape index (κ2) is 9.77. The number of hydrogen-bond acceptors (Lipinski definition) is 8. The Labute approximate surface area is 171 Å². The Hall–Kier alpha value is -2.81. The molecule has 0 unspecified atom stereocenters. The van der Waals surface area contributed by atoms with E-state index in [1.807, 2.05) is 0 Å². The maximum absolute atomic E-state index is 12.0. The molecule has 0 heterocycles. The second-order valence-electron chi connectivity index (χ2n) is 5.20. The molecule has 0 aliphatic heterocycles. The molecule has 9 nitrogen and oxygen atoms in total. The number of rotatable bonds is 9. The maximum atomic E-state index is 12.0. The van der Waals surface area contributed by atoms with Crippen molar-refractivity contribution in [3.05, 3.63) is 18.2 Å². The molecule has 0 N–H and O–H groups in total. The van der Waals surface area contributed by atoms with Crippen LogP contribution in [0.5, 0.6) is 5.75 Å². The molecule has 0 spiro atoms. The van der Waals surface area contributed by atoms with Gasteiger partial charge in [0, 0.05) is 12.1 Å². The van der Waals surface area contributed by atoms with E-state index in [4.69, 9.17) is 17.1 Å². The lowest BCUT2D eigenvalue weighted by atomic mass is 10.2. The number of hydrogen-bond donors (Lipinski definition) is 0. The number of methoxy groups -OCH3 is 3. The van der Waals surface area contributed by atoms with Gasteiger partial charge in [0.05, 0.1) is 60.3 Å². The number of carbonyl (C=O) groups excluding carboxylic acids is 3. The van der Waals surface area contributed by atoms with Crippen molar-refractivity contribution < 1.29 is 45.7 Å². The van der Waals surface area contributed by atoms with Crippen LogP contribution in [0, 0.1) is 0 Å². The number of nitrogens with zero attached hydrogens (tertiary/aromatic N) is 2. The summed E-state index contributed by atoms with van der Waals surface area (Å²) in [5.41, 5.74) is -0.826. The lowest BCUT2D eigenvalue weighted by Crippen LogP contribution is -2.37. The molecule has 27 heavy (non-hydrogen) atoms. The molecular weight excluding hydrogens is 357 g/mol. The SMILES string of the molecule is [2H]C([2H])([2H])[15N+](c1ccc(N(CC(=O)OC)CC(=O)OC)c(OCC(=O)OC)c1)(C([2H])([2H])[2H])C([2H])([2H])[2H]. The lowest BCUT2D eigenvalue weighted by Gasteiger charge is -2.28. The summed E-state index contributed by atoms with van der Waals surface area (Å²) < 4.78 is 87.5. The van der Waals surface area contributed by atoms with E-state index in [9.17, 15) is 14.4 Å². The zero-order chi connectivity index (χ0) is 28.1. The van der Waals surface area contributed by atoms with Crippen molar-refractivity contribution in [2.75, 3.05) is 66.9 Å².